The van der Waals surface area contributed by atoms with Crippen molar-refractivity contribution in [3.8, 4) is 5.75 Å². The van der Waals surface area contributed by atoms with Crippen LogP contribution >= 0.6 is 11.6 Å². The van der Waals surface area contributed by atoms with Gasteiger partial charge in [-0.3, -0.25) is 4.79 Å². The molecule has 0 spiro atoms. The van der Waals surface area contributed by atoms with Gasteiger partial charge in [0.2, 0.25) is 0 Å². The van der Waals surface area contributed by atoms with Crippen molar-refractivity contribution in [1.29, 1.82) is 0 Å². The molecule has 0 unspecified atom stereocenters. The average molecular weight is 242 g/mol. The van der Waals surface area contributed by atoms with Crippen LogP contribution < -0.4 is 4.74 Å². The quantitative estimate of drug-likeness (QED) is 0.561. The molecular weight excluding hydrogens is 230 g/mol. The number of carbonyl (C=O) groups is 2. The zero-order valence-electron chi connectivity index (χ0n) is 9.28. The Hall–Kier alpha value is -1.55. The molecule has 0 heterocycles. The number of amides is 2. The predicted octanol–water partition coefficient (Wildman–Crippen LogP) is 3.09. The van der Waals surface area contributed by atoms with Crippen molar-refractivity contribution < 1.29 is 14.3 Å². The minimum Gasteiger partial charge on any atom is -0.409 e. The fourth-order valence-corrected chi connectivity index (χ4v) is 1.26. The molecule has 1 rings (SSSR count). The Bertz CT molecular complexity index is 411. The summed E-state index contributed by atoms with van der Waals surface area (Å²) in [5.41, 5.74) is 1.65. The second-order valence-electron chi connectivity index (χ2n) is 3.40. The van der Waals surface area contributed by atoms with Gasteiger partial charge >= 0.3 is 11.5 Å². The SMILES string of the molecule is Cc1cccc(C)c1OC(=O)N(C)C(=O)Cl. The molecule has 0 N–H and O–H groups in total. The Balaban J connectivity index is 2.89. The lowest BCUT2D eigenvalue weighted by Crippen LogP contribution is -2.31. The minimum atomic E-state index is -0.878. The second-order valence-corrected chi connectivity index (χ2v) is 3.72. The topological polar surface area (TPSA) is 46.6 Å². The fourth-order valence-electron chi connectivity index (χ4n) is 1.19. The molecule has 86 valence electrons. The van der Waals surface area contributed by atoms with E-state index in [1.54, 1.807) is 0 Å². The first-order chi connectivity index (χ1) is 7.43. The van der Waals surface area contributed by atoms with Crippen molar-refractivity contribution in [2.24, 2.45) is 0 Å². The van der Waals surface area contributed by atoms with E-state index in [9.17, 15) is 9.59 Å². The summed E-state index contributed by atoms with van der Waals surface area (Å²) >= 11 is 5.16. The van der Waals surface area contributed by atoms with Crippen LogP contribution in [0.15, 0.2) is 18.2 Å². The zero-order valence-corrected chi connectivity index (χ0v) is 10.0. The van der Waals surface area contributed by atoms with Gasteiger partial charge in [0, 0.05) is 7.05 Å². The van der Waals surface area contributed by atoms with E-state index in [-0.39, 0.29) is 0 Å². The normalized spacial score (nSPS) is 9.75. The van der Waals surface area contributed by atoms with Gasteiger partial charge in [0.05, 0.1) is 0 Å². The molecule has 1 aromatic carbocycles. The van der Waals surface area contributed by atoms with E-state index in [0.717, 1.165) is 11.1 Å². The van der Waals surface area contributed by atoms with Gasteiger partial charge in [0.15, 0.2) is 0 Å². The van der Waals surface area contributed by atoms with Gasteiger partial charge in [-0.1, -0.05) is 18.2 Å². The lowest BCUT2D eigenvalue weighted by Gasteiger charge is -2.14. The van der Waals surface area contributed by atoms with Crippen LogP contribution in [0.25, 0.3) is 0 Å². The summed E-state index contributed by atoms with van der Waals surface area (Å²) in [6.45, 7) is 3.64. The van der Waals surface area contributed by atoms with Gasteiger partial charge in [-0.2, -0.15) is 0 Å². The molecule has 2 amide bonds. The summed E-state index contributed by atoms with van der Waals surface area (Å²) < 4.78 is 5.08. The number of para-hydroxylation sites is 1. The monoisotopic (exact) mass is 241 g/mol. The van der Waals surface area contributed by atoms with Crippen molar-refractivity contribution in [3.05, 3.63) is 29.3 Å². The molecule has 4 nitrogen and oxygen atoms in total. The molecule has 0 radical (unpaired) electrons. The highest BCUT2D eigenvalue weighted by atomic mass is 35.5. The van der Waals surface area contributed by atoms with E-state index in [1.165, 1.54) is 7.05 Å². The van der Waals surface area contributed by atoms with Crippen molar-refractivity contribution in [2.45, 2.75) is 13.8 Å². The Labute approximate surface area is 98.8 Å². The maximum absolute atomic E-state index is 11.5. The van der Waals surface area contributed by atoms with E-state index >= 15 is 0 Å². The third kappa shape index (κ3) is 2.73. The van der Waals surface area contributed by atoms with E-state index in [1.807, 2.05) is 32.0 Å². The van der Waals surface area contributed by atoms with Crippen LogP contribution in [-0.4, -0.2) is 23.4 Å². The molecule has 16 heavy (non-hydrogen) atoms. The molecule has 0 saturated carbocycles. The summed E-state index contributed by atoms with van der Waals surface area (Å²) in [6, 6.07) is 5.49. The van der Waals surface area contributed by atoms with Gasteiger partial charge in [-0.25, -0.2) is 9.69 Å². The molecule has 0 saturated heterocycles. The molecular formula is C11H12ClNO3. The van der Waals surface area contributed by atoms with Crippen LogP contribution in [0.4, 0.5) is 9.59 Å². The van der Waals surface area contributed by atoms with E-state index in [4.69, 9.17) is 16.3 Å². The van der Waals surface area contributed by atoms with Crippen LogP contribution in [0.3, 0.4) is 0 Å². The number of carbonyl (C=O) groups excluding carboxylic acids is 2. The van der Waals surface area contributed by atoms with Gasteiger partial charge in [-0.05, 0) is 36.6 Å². The second kappa shape index (κ2) is 4.99. The summed E-state index contributed by atoms with van der Waals surface area (Å²) in [4.78, 5) is 22.9. The molecule has 5 heteroatoms. The number of ether oxygens (including phenoxy) is 1. The Kier molecular flexibility index (Phi) is 3.90. The maximum atomic E-state index is 11.5. The van der Waals surface area contributed by atoms with Crippen LogP contribution in [0, 0.1) is 13.8 Å². The average Bonchev–Trinajstić information content (AvgIpc) is 2.22. The van der Waals surface area contributed by atoms with Crippen LogP contribution in [0.1, 0.15) is 11.1 Å². The highest BCUT2D eigenvalue weighted by molar-refractivity contribution is 6.63. The lowest BCUT2D eigenvalue weighted by molar-refractivity contribution is 0.169. The van der Waals surface area contributed by atoms with Crippen LogP contribution in [0.2, 0.25) is 0 Å². The highest BCUT2D eigenvalue weighted by Gasteiger charge is 2.18. The van der Waals surface area contributed by atoms with Crippen molar-refractivity contribution >= 4 is 23.1 Å². The standard InChI is InChI=1S/C11H12ClNO3/c1-7-5-4-6-8(2)9(7)16-11(15)13(3)10(12)14/h4-6H,1-3H3. The Morgan fingerprint density at radius 3 is 2.19 bits per heavy atom. The number of benzene rings is 1. The third-order valence-electron chi connectivity index (χ3n) is 2.14. The minimum absolute atomic E-state index is 0.456. The Morgan fingerprint density at radius 2 is 1.75 bits per heavy atom. The number of aryl methyl sites for hydroxylation is 2. The first-order valence-corrected chi connectivity index (χ1v) is 5.02. The summed E-state index contributed by atoms with van der Waals surface area (Å²) in [6.07, 6.45) is -0.794. The molecule has 0 aliphatic carbocycles. The number of hydrogen-bond donors (Lipinski definition) is 0. The summed E-state index contributed by atoms with van der Waals surface area (Å²) in [5, 5.41) is -0.878. The number of nitrogens with zero attached hydrogens (tertiary/aromatic N) is 1. The van der Waals surface area contributed by atoms with Gasteiger partial charge < -0.3 is 4.74 Å². The van der Waals surface area contributed by atoms with E-state index < -0.39 is 11.5 Å². The van der Waals surface area contributed by atoms with Crippen LogP contribution in [-0.2, 0) is 0 Å². The largest absolute Gasteiger partial charge is 0.422 e. The fraction of sp³-hybridized carbons (Fsp3) is 0.273. The predicted molar refractivity (Wildman–Crippen MR) is 61.0 cm³/mol. The van der Waals surface area contributed by atoms with Gasteiger partial charge in [-0.15, -0.1) is 0 Å². The van der Waals surface area contributed by atoms with Crippen molar-refractivity contribution in [2.75, 3.05) is 7.05 Å². The van der Waals surface area contributed by atoms with Crippen molar-refractivity contribution in [1.82, 2.24) is 4.90 Å². The Morgan fingerprint density at radius 1 is 1.25 bits per heavy atom. The molecule has 0 atom stereocenters. The zero-order chi connectivity index (χ0) is 12.3. The first kappa shape index (κ1) is 12.5. The maximum Gasteiger partial charge on any atom is 0.422 e. The molecule has 0 aliphatic rings. The molecule has 1 aromatic rings. The molecule has 0 aromatic heterocycles. The smallest absolute Gasteiger partial charge is 0.409 e. The highest BCUT2D eigenvalue weighted by Crippen LogP contribution is 2.22. The van der Waals surface area contributed by atoms with Gasteiger partial charge in [0.25, 0.3) is 0 Å². The first-order valence-electron chi connectivity index (χ1n) is 4.64. The van der Waals surface area contributed by atoms with Crippen molar-refractivity contribution in [3.63, 3.8) is 0 Å². The molecule has 0 fully saturated rings. The lowest BCUT2D eigenvalue weighted by atomic mass is 10.1. The van der Waals surface area contributed by atoms with Crippen LogP contribution in [0.5, 0.6) is 5.75 Å². The summed E-state index contributed by atoms with van der Waals surface area (Å²) in [5.74, 6) is 0.456. The molecule has 0 bridgehead atoms. The third-order valence-corrected chi connectivity index (χ3v) is 2.39. The van der Waals surface area contributed by atoms with E-state index in [0.29, 0.717) is 10.6 Å². The van der Waals surface area contributed by atoms with Gasteiger partial charge in [0.1, 0.15) is 5.75 Å². The number of halogens is 1. The number of imide groups is 1. The number of rotatable bonds is 1. The molecule has 0 aliphatic heterocycles. The summed E-state index contributed by atoms with van der Waals surface area (Å²) in [7, 11) is 1.26. The number of hydrogen-bond acceptors (Lipinski definition) is 3. The van der Waals surface area contributed by atoms with E-state index in [2.05, 4.69) is 0 Å².